The Bertz CT molecular complexity index is 1130. The minimum Gasteiger partial charge on any atom is -0.347 e. The molecule has 0 saturated carbocycles. The van der Waals surface area contributed by atoms with Crippen LogP contribution in [0.5, 0.6) is 0 Å². The fourth-order valence-electron chi connectivity index (χ4n) is 3.02. The fraction of sp³-hybridized carbons (Fsp3) is 0.100. The third-order valence-electron chi connectivity index (χ3n) is 4.27. The number of hydrogen-bond acceptors (Lipinski definition) is 3. The number of alkyl halides is 3. The lowest BCUT2D eigenvalue weighted by atomic mass is 10.1. The van der Waals surface area contributed by atoms with E-state index >= 15 is 0 Å². The highest BCUT2D eigenvalue weighted by Gasteiger charge is 2.33. The number of carbonyl (C=O) groups is 1. The van der Waals surface area contributed by atoms with Crippen LogP contribution in [0, 0.1) is 0 Å². The van der Waals surface area contributed by atoms with Crippen LogP contribution in [0.4, 0.5) is 13.2 Å². The van der Waals surface area contributed by atoms with Crippen LogP contribution >= 0.6 is 11.3 Å². The number of carbonyl (C=O) groups excluding carboxylic acids is 1. The predicted octanol–water partition coefficient (Wildman–Crippen LogP) is 5.04. The lowest BCUT2D eigenvalue weighted by Gasteiger charge is -2.13. The highest BCUT2D eigenvalue weighted by Crippen LogP contribution is 2.34. The van der Waals surface area contributed by atoms with Crippen molar-refractivity contribution in [1.82, 2.24) is 14.9 Å². The van der Waals surface area contributed by atoms with Gasteiger partial charge in [-0.3, -0.25) is 4.79 Å². The van der Waals surface area contributed by atoms with Crippen molar-refractivity contribution in [3.05, 3.63) is 83.1 Å². The number of pyridine rings is 1. The minimum atomic E-state index is -4.47. The largest absolute Gasteiger partial charge is 0.416 e. The molecule has 0 fully saturated rings. The first-order valence-corrected chi connectivity index (χ1v) is 9.21. The smallest absolute Gasteiger partial charge is 0.347 e. The quantitative estimate of drug-likeness (QED) is 0.521. The monoisotopic (exact) mass is 401 g/mol. The van der Waals surface area contributed by atoms with Crippen LogP contribution in [0.1, 0.15) is 20.8 Å². The molecule has 28 heavy (non-hydrogen) atoms. The molecule has 142 valence electrons. The molecule has 0 radical (unpaired) electrons. The predicted molar refractivity (Wildman–Crippen MR) is 102 cm³/mol. The molecule has 3 heterocycles. The summed E-state index contributed by atoms with van der Waals surface area (Å²) >= 11 is 1.21. The van der Waals surface area contributed by atoms with E-state index in [0.29, 0.717) is 15.4 Å². The topological polar surface area (TPSA) is 46.9 Å². The van der Waals surface area contributed by atoms with Crippen LogP contribution in [-0.4, -0.2) is 15.5 Å². The van der Waals surface area contributed by atoms with E-state index in [1.807, 2.05) is 30.6 Å². The SMILES string of the molecule is O=C(NCc1ccccc1C(F)(F)F)c1sc2ncccc2c1-n1cccc1. The van der Waals surface area contributed by atoms with Gasteiger partial charge in [-0.05, 0) is 35.9 Å². The molecule has 4 aromatic rings. The summed E-state index contributed by atoms with van der Waals surface area (Å²) in [5, 5.41) is 3.43. The number of benzene rings is 1. The second kappa shape index (κ2) is 7.12. The maximum Gasteiger partial charge on any atom is 0.416 e. The Balaban J connectivity index is 1.67. The number of rotatable bonds is 4. The summed E-state index contributed by atoms with van der Waals surface area (Å²) in [6, 6.07) is 12.5. The van der Waals surface area contributed by atoms with Crippen molar-refractivity contribution in [3.8, 4) is 5.69 Å². The molecule has 4 rings (SSSR count). The van der Waals surface area contributed by atoms with Crippen LogP contribution in [-0.2, 0) is 12.7 Å². The third kappa shape index (κ3) is 3.38. The maximum atomic E-state index is 13.2. The van der Waals surface area contributed by atoms with Gasteiger partial charge in [0, 0.05) is 30.5 Å². The Labute approximate surface area is 162 Å². The van der Waals surface area contributed by atoms with Crippen molar-refractivity contribution in [2.75, 3.05) is 0 Å². The fourth-order valence-corrected chi connectivity index (χ4v) is 4.08. The van der Waals surface area contributed by atoms with E-state index in [-0.39, 0.29) is 12.1 Å². The molecule has 0 bridgehead atoms. The number of hydrogen-bond donors (Lipinski definition) is 1. The van der Waals surface area contributed by atoms with Crippen molar-refractivity contribution in [1.29, 1.82) is 0 Å². The van der Waals surface area contributed by atoms with Gasteiger partial charge in [-0.25, -0.2) is 4.98 Å². The maximum absolute atomic E-state index is 13.2. The molecule has 1 aromatic carbocycles. The van der Waals surface area contributed by atoms with Gasteiger partial charge in [0.1, 0.15) is 9.71 Å². The highest BCUT2D eigenvalue weighted by atomic mass is 32.1. The molecule has 0 aliphatic rings. The molecule has 0 saturated heterocycles. The van der Waals surface area contributed by atoms with Gasteiger partial charge in [0.2, 0.25) is 0 Å². The lowest BCUT2D eigenvalue weighted by Crippen LogP contribution is -2.24. The zero-order valence-electron chi connectivity index (χ0n) is 14.4. The molecule has 1 N–H and O–H groups in total. The Morgan fingerprint density at radius 2 is 1.82 bits per heavy atom. The summed E-state index contributed by atoms with van der Waals surface area (Å²) in [5.74, 6) is -0.441. The van der Waals surface area contributed by atoms with Crippen molar-refractivity contribution < 1.29 is 18.0 Å². The van der Waals surface area contributed by atoms with Gasteiger partial charge in [-0.2, -0.15) is 13.2 Å². The normalized spacial score (nSPS) is 11.7. The molecule has 0 spiro atoms. The molecule has 4 nitrogen and oxygen atoms in total. The zero-order chi connectivity index (χ0) is 19.7. The van der Waals surface area contributed by atoms with Crippen molar-refractivity contribution in [2.24, 2.45) is 0 Å². The summed E-state index contributed by atoms with van der Waals surface area (Å²) in [6.07, 6.45) is 0.785. The highest BCUT2D eigenvalue weighted by molar-refractivity contribution is 7.21. The number of amides is 1. The first kappa shape index (κ1) is 18.2. The van der Waals surface area contributed by atoms with Gasteiger partial charge in [0.05, 0.1) is 11.3 Å². The summed E-state index contributed by atoms with van der Waals surface area (Å²) in [5.41, 5.74) is -0.0660. The minimum absolute atomic E-state index is 0.0186. The van der Waals surface area contributed by atoms with Gasteiger partial charge in [0.25, 0.3) is 5.91 Å². The van der Waals surface area contributed by atoms with Gasteiger partial charge in [-0.15, -0.1) is 11.3 Å². The number of fused-ring (bicyclic) bond motifs is 1. The van der Waals surface area contributed by atoms with Gasteiger partial charge >= 0.3 is 6.18 Å². The van der Waals surface area contributed by atoms with E-state index in [0.717, 1.165) is 11.5 Å². The van der Waals surface area contributed by atoms with Crippen LogP contribution in [0.3, 0.4) is 0 Å². The summed E-state index contributed by atoms with van der Waals surface area (Å²) in [7, 11) is 0. The number of aromatic nitrogens is 2. The Morgan fingerprint density at radius 3 is 2.57 bits per heavy atom. The second-order valence-electron chi connectivity index (χ2n) is 6.06. The van der Waals surface area contributed by atoms with Crippen LogP contribution in [0.15, 0.2) is 67.1 Å². The lowest BCUT2D eigenvalue weighted by molar-refractivity contribution is -0.138. The van der Waals surface area contributed by atoms with Crippen LogP contribution in [0.25, 0.3) is 15.9 Å². The van der Waals surface area contributed by atoms with E-state index in [1.165, 1.54) is 29.5 Å². The molecule has 1 amide bonds. The molecular weight excluding hydrogens is 387 g/mol. The van der Waals surface area contributed by atoms with E-state index in [1.54, 1.807) is 16.8 Å². The summed E-state index contributed by atoms with van der Waals surface area (Å²) in [4.78, 5) is 18.2. The molecule has 3 aromatic heterocycles. The number of thiophene rings is 1. The first-order valence-electron chi connectivity index (χ1n) is 8.39. The Hall–Kier alpha value is -3.13. The van der Waals surface area contributed by atoms with Crippen molar-refractivity contribution >= 4 is 27.5 Å². The molecule has 0 aliphatic carbocycles. The molecule has 0 atom stereocenters. The van der Waals surface area contributed by atoms with E-state index in [4.69, 9.17) is 0 Å². The van der Waals surface area contributed by atoms with Gasteiger partial charge < -0.3 is 9.88 Å². The third-order valence-corrected chi connectivity index (χ3v) is 5.37. The standard InChI is InChI=1S/C20H14F3N3OS/c21-20(22,23)15-8-2-1-6-13(15)12-25-18(27)17-16(26-10-3-4-11-26)14-7-5-9-24-19(14)28-17/h1-11H,12H2,(H,25,27). The number of nitrogens with one attached hydrogen (secondary N) is 1. The van der Waals surface area contributed by atoms with Gasteiger partial charge in [0.15, 0.2) is 0 Å². The molecule has 8 heteroatoms. The Kier molecular flexibility index (Phi) is 4.64. The van der Waals surface area contributed by atoms with Crippen molar-refractivity contribution in [2.45, 2.75) is 12.7 Å². The zero-order valence-corrected chi connectivity index (χ0v) is 15.2. The summed E-state index contributed by atoms with van der Waals surface area (Å²) in [6.45, 7) is -0.221. The molecule has 0 unspecified atom stereocenters. The van der Waals surface area contributed by atoms with Crippen molar-refractivity contribution in [3.63, 3.8) is 0 Å². The van der Waals surface area contributed by atoms with Gasteiger partial charge in [-0.1, -0.05) is 18.2 Å². The average Bonchev–Trinajstić information content (AvgIpc) is 3.32. The number of nitrogens with zero attached hydrogens (tertiary/aromatic N) is 2. The Morgan fingerprint density at radius 1 is 1.07 bits per heavy atom. The number of halogens is 3. The van der Waals surface area contributed by atoms with E-state index in [9.17, 15) is 18.0 Å². The van der Waals surface area contributed by atoms with E-state index in [2.05, 4.69) is 10.3 Å². The average molecular weight is 401 g/mol. The van der Waals surface area contributed by atoms with Crippen LogP contribution in [0.2, 0.25) is 0 Å². The molecular formula is C20H14F3N3OS. The first-order chi connectivity index (χ1) is 13.4. The molecule has 0 aliphatic heterocycles. The summed E-state index contributed by atoms with van der Waals surface area (Å²) < 4.78 is 41.3. The van der Waals surface area contributed by atoms with Crippen LogP contribution < -0.4 is 5.32 Å². The van der Waals surface area contributed by atoms with E-state index < -0.39 is 17.6 Å². The second-order valence-corrected chi connectivity index (χ2v) is 7.06.